The molecule has 2 N–H and O–H groups in total. The van der Waals surface area contributed by atoms with E-state index in [9.17, 15) is 13.2 Å². The Morgan fingerprint density at radius 3 is 2.42 bits per heavy atom. The molecule has 2 rings (SSSR count). The SMILES string of the molecule is Cc1nn(C(C)C)c(N(CC(F)(F)F)C2CC2)c1N. The minimum absolute atomic E-state index is 0.0273. The molecule has 1 fully saturated rings. The number of hydrogen-bond donors (Lipinski definition) is 1. The molecule has 0 aliphatic heterocycles. The fourth-order valence-corrected chi connectivity index (χ4v) is 2.15. The van der Waals surface area contributed by atoms with E-state index in [4.69, 9.17) is 5.73 Å². The van der Waals surface area contributed by atoms with Crippen LogP contribution in [0.1, 0.15) is 38.4 Å². The quantitative estimate of drug-likeness (QED) is 0.919. The van der Waals surface area contributed by atoms with Gasteiger partial charge in [-0.2, -0.15) is 18.3 Å². The van der Waals surface area contributed by atoms with Crippen molar-refractivity contribution in [2.24, 2.45) is 0 Å². The molecule has 1 aromatic heterocycles. The summed E-state index contributed by atoms with van der Waals surface area (Å²) in [5.41, 5.74) is 6.87. The Balaban J connectivity index is 2.41. The molecule has 1 heterocycles. The van der Waals surface area contributed by atoms with E-state index in [1.165, 1.54) is 4.90 Å². The van der Waals surface area contributed by atoms with Crippen LogP contribution in [-0.4, -0.2) is 28.5 Å². The second kappa shape index (κ2) is 4.61. The Morgan fingerprint density at radius 1 is 1.42 bits per heavy atom. The van der Waals surface area contributed by atoms with Crippen molar-refractivity contribution in [3.63, 3.8) is 0 Å². The van der Waals surface area contributed by atoms with Crippen molar-refractivity contribution in [1.82, 2.24) is 9.78 Å². The third kappa shape index (κ3) is 2.96. The van der Waals surface area contributed by atoms with Crippen molar-refractivity contribution in [3.8, 4) is 0 Å². The Labute approximate surface area is 110 Å². The van der Waals surface area contributed by atoms with E-state index in [1.807, 2.05) is 13.8 Å². The van der Waals surface area contributed by atoms with Gasteiger partial charge in [-0.3, -0.25) is 0 Å². The van der Waals surface area contributed by atoms with Gasteiger partial charge in [0.05, 0.1) is 11.4 Å². The predicted molar refractivity (Wildman–Crippen MR) is 68.2 cm³/mol. The largest absolute Gasteiger partial charge is 0.405 e. The zero-order valence-corrected chi connectivity index (χ0v) is 11.3. The van der Waals surface area contributed by atoms with Crippen LogP contribution in [0.2, 0.25) is 0 Å². The minimum Gasteiger partial charge on any atom is -0.394 e. The standard InChI is InChI=1S/C12H19F3N4/c1-7(2)19-11(10(16)8(3)17-19)18(9-4-5-9)6-12(13,14)15/h7,9H,4-6,16H2,1-3H3. The summed E-state index contributed by atoms with van der Waals surface area (Å²) in [6.07, 6.45) is -2.69. The van der Waals surface area contributed by atoms with Gasteiger partial charge in [-0.15, -0.1) is 0 Å². The highest BCUT2D eigenvalue weighted by Gasteiger charge is 2.40. The highest BCUT2D eigenvalue weighted by Crippen LogP contribution is 2.39. The van der Waals surface area contributed by atoms with E-state index in [2.05, 4.69) is 5.10 Å². The molecule has 1 aliphatic carbocycles. The molecule has 0 atom stereocenters. The first-order valence-corrected chi connectivity index (χ1v) is 6.38. The summed E-state index contributed by atoms with van der Waals surface area (Å²) < 4.78 is 39.8. The number of aryl methyl sites for hydroxylation is 1. The molecule has 0 amide bonds. The molecule has 4 nitrogen and oxygen atoms in total. The first-order valence-electron chi connectivity index (χ1n) is 6.38. The molecular formula is C12H19F3N4. The molecule has 108 valence electrons. The summed E-state index contributed by atoms with van der Waals surface area (Å²) in [5.74, 6) is 0.410. The van der Waals surface area contributed by atoms with Gasteiger partial charge in [0.1, 0.15) is 6.54 Å². The van der Waals surface area contributed by atoms with Crippen LogP contribution < -0.4 is 10.6 Å². The predicted octanol–water partition coefficient (Wildman–Crippen LogP) is 2.89. The van der Waals surface area contributed by atoms with Crippen LogP contribution in [0.5, 0.6) is 0 Å². The maximum atomic E-state index is 12.7. The molecule has 0 spiro atoms. The van der Waals surface area contributed by atoms with Crippen molar-refractivity contribution in [1.29, 1.82) is 0 Å². The summed E-state index contributed by atoms with van der Waals surface area (Å²) in [5, 5.41) is 4.25. The molecule has 0 unspecified atom stereocenters. The topological polar surface area (TPSA) is 47.1 Å². The lowest BCUT2D eigenvalue weighted by molar-refractivity contribution is -0.120. The maximum Gasteiger partial charge on any atom is 0.405 e. The Hall–Kier alpha value is -1.40. The zero-order chi connectivity index (χ0) is 14.4. The van der Waals surface area contributed by atoms with Crippen LogP contribution >= 0.6 is 0 Å². The fourth-order valence-electron chi connectivity index (χ4n) is 2.15. The van der Waals surface area contributed by atoms with Crippen LogP contribution in [0.15, 0.2) is 0 Å². The van der Waals surface area contributed by atoms with Gasteiger partial charge in [-0.25, -0.2) is 4.68 Å². The smallest absolute Gasteiger partial charge is 0.394 e. The molecule has 1 aromatic rings. The third-order valence-corrected chi connectivity index (χ3v) is 3.20. The first-order chi connectivity index (χ1) is 8.70. The molecule has 0 saturated heterocycles. The van der Waals surface area contributed by atoms with Crippen molar-refractivity contribution in [2.45, 2.75) is 51.9 Å². The van der Waals surface area contributed by atoms with Gasteiger partial charge in [-0.1, -0.05) is 0 Å². The molecular weight excluding hydrogens is 257 g/mol. The van der Waals surface area contributed by atoms with Crippen LogP contribution in [0.25, 0.3) is 0 Å². The van der Waals surface area contributed by atoms with Crippen LogP contribution in [-0.2, 0) is 0 Å². The number of hydrogen-bond acceptors (Lipinski definition) is 3. The number of nitrogens with zero attached hydrogens (tertiary/aromatic N) is 3. The van der Waals surface area contributed by atoms with Gasteiger partial charge in [-0.05, 0) is 33.6 Å². The van der Waals surface area contributed by atoms with Gasteiger partial charge < -0.3 is 10.6 Å². The molecule has 19 heavy (non-hydrogen) atoms. The zero-order valence-electron chi connectivity index (χ0n) is 11.3. The van der Waals surface area contributed by atoms with Crippen molar-refractivity contribution in [3.05, 3.63) is 5.69 Å². The van der Waals surface area contributed by atoms with E-state index >= 15 is 0 Å². The molecule has 1 aliphatic rings. The average molecular weight is 276 g/mol. The number of nitrogens with two attached hydrogens (primary N) is 1. The number of rotatable bonds is 4. The Kier molecular flexibility index (Phi) is 3.40. The van der Waals surface area contributed by atoms with Crippen LogP contribution in [0, 0.1) is 6.92 Å². The monoisotopic (exact) mass is 276 g/mol. The Bertz CT molecular complexity index is 460. The summed E-state index contributed by atoms with van der Waals surface area (Å²) in [6, 6.07) is -0.0991. The van der Waals surface area contributed by atoms with E-state index in [1.54, 1.807) is 11.6 Å². The second-order valence-electron chi connectivity index (χ2n) is 5.34. The molecule has 0 radical (unpaired) electrons. The second-order valence-corrected chi connectivity index (χ2v) is 5.34. The van der Waals surface area contributed by atoms with E-state index in [0.29, 0.717) is 17.2 Å². The average Bonchev–Trinajstić information content (AvgIpc) is 3.03. The van der Waals surface area contributed by atoms with Crippen LogP contribution in [0.3, 0.4) is 0 Å². The van der Waals surface area contributed by atoms with Crippen molar-refractivity contribution in [2.75, 3.05) is 17.2 Å². The Morgan fingerprint density at radius 2 is 2.00 bits per heavy atom. The van der Waals surface area contributed by atoms with E-state index in [0.717, 1.165) is 12.8 Å². The third-order valence-electron chi connectivity index (χ3n) is 3.20. The lowest BCUT2D eigenvalue weighted by atomic mass is 10.3. The minimum atomic E-state index is -4.24. The molecule has 1 saturated carbocycles. The summed E-state index contributed by atoms with van der Waals surface area (Å²) in [6.45, 7) is 4.51. The maximum absolute atomic E-state index is 12.7. The number of alkyl halides is 3. The molecule has 0 bridgehead atoms. The van der Waals surface area contributed by atoms with Gasteiger partial charge in [0.15, 0.2) is 5.82 Å². The molecule has 0 aromatic carbocycles. The first kappa shape index (κ1) is 14.0. The number of halogens is 3. The normalized spacial score (nSPS) is 16.2. The lowest BCUT2D eigenvalue weighted by Gasteiger charge is -2.27. The summed E-state index contributed by atoms with van der Waals surface area (Å²) in [4.78, 5) is 1.36. The van der Waals surface area contributed by atoms with Gasteiger partial charge >= 0.3 is 6.18 Å². The summed E-state index contributed by atoms with van der Waals surface area (Å²) >= 11 is 0. The fraction of sp³-hybridized carbons (Fsp3) is 0.750. The van der Waals surface area contributed by atoms with Crippen molar-refractivity contribution < 1.29 is 13.2 Å². The highest BCUT2D eigenvalue weighted by molar-refractivity contribution is 5.67. The number of anilines is 2. The molecule has 7 heteroatoms. The van der Waals surface area contributed by atoms with E-state index < -0.39 is 12.7 Å². The van der Waals surface area contributed by atoms with E-state index in [-0.39, 0.29) is 12.1 Å². The highest BCUT2D eigenvalue weighted by atomic mass is 19.4. The lowest BCUT2D eigenvalue weighted by Crippen LogP contribution is -2.38. The van der Waals surface area contributed by atoms with Gasteiger partial charge in [0.2, 0.25) is 0 Å². The number of nitrogen functional groups attached to an aromatic ring is 1. The van der Waals surface area contributed by atoms with Gasteiger partial charge in [0.25, 0.3) is 0 Å². The number of aromatic nitrogens is 2. The van der Waals surface area contributed by atoms with Crippen molar-refractivity contribution >= 4 is 11.5 Å². The van der Waals surface area contributed by atoms with Gasteiger partial charge in [0, 0.05) is 12.1 Å². The van der Waals surface area contributed by atoms with Crippen LogP contribution in [0.4, 0.5) is 24.7 Å². The summed E-state index contributed by atoms with van der Waals surface area (Å²) in [7, 11) is 0.